The van der Waals surface area contributed by atoms with Gasteiger partial charge in [0.1, 0.15) is 0 Å². The van der Waals surface area contributed by atoms with Crippen LogP contribution in [0.3, 0.4) is 0 Å². The zero-order valence-corrected chi connectivity index (χ0v) is 14.4. The van der Waals surface area contributed by atoms with E-state index in [1.165, 1.54) is 6.42 Å². The van der Waals surface area contributed by atoms with Crippen molar-refractivity contribution in [2.45, 2.75) is 60.3 Å². The molecule has 1 N–H and O–H groups in total. The quantitative estimate of drug-likeness (QED) is 0.630. The van der Waals surface area contributed by atoms with E-state index in [-0.39, 0.29) is 7.18 Å². The van der Waals surface area contributed by atoms with Gasteiger partial charge in [0.2, 0.25) is 10.0 Å². The Labute approximate surface area is 122 Å². The second-order valence-corrected chi connectivity index (χ2v) is 6.58. The Hall–Kier alpha value is -0.130. The zero-order chi connectivity index (χ0) is 15.1. The van der Waals surface area contributed by atoms with Crippen LogP contribution in [-0.4, -0.2) is 45.2 Å². The first kappa shape index (κ1) is 21.2. The molecule has 0 aliphatic rings. The van der Waals surface area contributed by atoms with E-state index in [1.807, 2.05) is 6.92 Å². The lowest BCUT2D eigenvalue weighted by Gasteiger charge is -2.17. The van der Waals surface area contributed by atoms with Crippen LogP contribution in [0.1, 0.15) is 61.7 Å². The second-order valence-electron chi connectivity index (χ2n) is 4.65. The lowest BCUT2D eigenvalue weighted by Crippen LogP contribution is -2.31. The Balaban J connectivity index is -0.000000657. The van der Waals surface area contributed by atoms with Crippen LogP contribution < -0.4 is 4.72 Å². The fourth-order valence-electron chi connectivity index (χ4n) is 1.48. The number of sulfonamides is 1. The molecule has 0 aromatic heterocycles. The van der Waals surface area contributed by atoms with Crippen molar-refractivity contribution < 1.29 is 9.84 Å². The molecule has 4 nitrogen and oxygen atoms in total. The first-order valence-corrected chi connectivity index (χ1v) is 9.32. The van der Waals surface area contributed by atoms with Gasteiger partial charge in [-0.2, -0.15) is 0 Å². The second kappa shape index (κ2) is 14.3. The average Bonchev–Trinajstić information content (AvgIpc) is 2.38. The van der Waals surface area contributed by atoms with Gasteiger partial charge in [-0.1, -0.05) is 47.5 Å². The largest absolute Gasteiger partial charge is 0.304 e. The molecular weight excluding hydrogens is 260 g/mol. The maximum absolute atomic E-state index is 11.4. The number of hydrogen-bond donors (Lipinski definition) is 1. The van der Waals surface area contributed by atoms with Gasteiger partial charge >= 0.3 is 0 Å². The molecule has 0 amide bonds. The molecule has 0 unspecified atom stereocenters. The third-order valence-electron chi connectivity index (χ3n) is 2.63. The molecule has 0 spiro atoms. The molecular formula is C14H36N2O2S. The first-order valence-electron chi connectivity index (χ1n) is 7.66. The minimum absolute atomic E-state index is 0. The summed E-state index contributed by atoms with van der Waals surface area (Å²) in [5.74, 6) is 0.259. The maximum atomic E-state index is 11.4. The van der Waals surface area contributed by atoms with E-state index in [2.05, 4.69) is 37.3 Å². The molecule has 0 radical (unpaired) electrons. The van der Waals surface area contributed by atoms with Crippen LogP contribution in [0.4, 0.5) is 0 Å². The maximum Gasteiger partial charge on any atom is 0.211 e. The Bertz CT molecular complexity index is 268. The highest BCUT2D eigenvalue weighted by Gasteiger charge is 2.08. The van der Waals surface area contributed by atoms with Gasteiger partial charge in [-0.3, -0.25) is 0 Å². The van der Waals surface area contributed by atoms with Gasteiger partial charge in [-0.25, -0.2) is 13.1 Å². The molecule has 5 heteroatoms. The lowest BCUT2D eigenvalue weighted by molar-refractivity contribution is 0.300. The molecule has 0 aliphatic heterocycles. The summed E-state index contributed by atoms with van der Waals surface area (Å²) >= 11 is 0. The number of hydrogen-bond acceptors (Lipinski definition) is 3. The Kier molecular flexibility index (Phi) is 15.9. The third-order valence-corrected chi connectivity index (χ3v) is 4.10. The summed E-state index contributed by atoms with van der Waals surface area (Å²) in [7, 11) is -3.02. The third kappa shape index (κ3) is 15.8. The van der Waals surface area contributed by atoms with E-state index in [4.69, 9.17) is 0 Å². The molecule has 0 bridgehead atoms. The predicted molar refractivity (Wildman–Crippen MR) is 87.2 cm³/mol. The van der Waals surface area contributed by atoms with Crippen molar-refractivity contribution in [3.05, 3.63) is 0 Å². The predicted octanol–water partition coefficient (Wildman–Crippen LogP) is 3.10. The zero-order valence-electron chi connectivity index (χ0n) is 13.5. The monoisotopic (exact) mass is 296 g/mol. The highest BCUT2D eigenvalue weighted by molar-refractivity contribution is 7.89. The van der Waals surface area contributed by atoms with E-state index in [9.17, 15) is 8.42 Å². The fraction of sp³-hybridized carbons (Fsp3) is 1.00. The van der Waals surface area contributed by atoms with Gasteiger partial charge in [0.05, 0.1) is 5.75 Å². The normalized spacial score (nSPS) is 11.3. The van der Waals surface area contributed by atoms with Gasteiger partial charge in [-0.15, -0.1) is 0 Å². The van der Waals surface area contributed by atoms with Crippen molar-refractivity contribution in [3.8, 4) is 0 Å². The van der Waals surface area contributed by atoms with Gasteiger partial charge in [0, 0.05) is 7.97 Å². The Morgan fingerprint density at radius 2 is 1.53 bits per heavy atom. The van der Waals surface area contributed by atoms with E-state index in [0.717, 1.165) is 38.9 Å². The minimum Gasteiger partial charge on any atom is -0.304 e. The van der Waals surface area contributed by atoms with Crippen molar-refractivity contribution in [3.63, 3.8) is 0 Å². The van der Waals surface area contributed by atoms with Crippen LogP contribution in [0.15, 0.2) is 0 Å². The molecule has 0 saturated carbocycles. The Morgan fingerprint density at radius 1 is 1.00 bits per heavy atom. The van der Waals surface area contributed by atoms with Gasteiger partial charge in [0.25, 0.3) is 0 Å². The van der Waals surface area contributed by atoms with E-state index in [0.29, 0.717) is 6.54 Å². The highest BCUT2D eigenvalue weighted by atomic mass is 32.2. The molecule has 0 aromatic carbocycles. The molecule has 120 valence electrons. The number of nitrogens with one attached hydrogen (secondary N) is 1. The summed E-state index contributed by atoms with van der Waals surface area (Å²) < 4.78 is 25.5. The standard InChI is InChI=1S/C11H26N2O2S.C3H8.H2/c1-4-7-11-16(14,15)12-9-8-10-13(5-2)6-3;1-3-2;/h12H,4-11H2,1-3H3;3H2,1-2H3;1H. The molecule has 0 saturated heterocycles. The number of rotatable bonds is 10. The van der Waals surface area contributed by atoms with Crippen molar-refractivity contribution in [2.75, 3.05) is 31.9 Å². The smallest absolute Gasteiger partial charge is 0.211 e. The number of nitrogens with zero attached hydrogens (tertiary/aromatic N) is 1. The van der Waals surface area contributed by atoms with E-state index < -0.39 is 10.0 Å². The average molecular weight is 297 g/mol. The summed E-state index contributed by atoms with van der Waals surface area (Å²) in [5.41, 5.74) is 0. The van der Waals surface area contributed by atoms with E-state index >= 15 is 0 Å². The molecule has 0 aliphatic carbocycles. The van der Waals surface area contributed by atoms with Crippen LogP contribution in [0.25, 0.3) is 0 Å². The van der Waals surface area contributed by atoms with Crippen molar-refractivity contribution >= 4 is 10.0 Å². The Morgan fingerprint density at radius 3 is 1.95 bits per heavy atom. The summed E-state index contributed by atoms with van der Waals surface area (Å²) in [6.45, 7) is 14.1. The van der Waals surface area contributed by atoms with Crippen LogP contribution in [0.5, 0.6) is 0 Å². The molecule has 0 heterocycles. The first-order chi connectivity index (χ1) is 8.97. The molecule has 0 atom stereocenters. The van der Waals surface area contributed by atoms with Crippen molar-refractivity contribution in [1.29, 1.82) is 0 Å². The SMILES string of the molecule is CCC.CCCCS(=O)(=O)NCCCN(CC)CC.[HH]. The molecule has 0 fully saturated rings. The lowest BCUT2D eigenvalue weighted by atomic mass is 10.4. The molecule has 0 aromatic rings. The fourth-order valence-corrected chi connectivity index (χ4v) is 2.75. The van der Waals surface area contributed by atoms with E-state index in [1.54, 1.807) is 0 Å². The van der Waals surface area contributed by atoms with Crippen LogP contribution >= 0.6 is 0 Å². The van der Waals surface area contributed by atoms with Crippen molar-refractivity contribution in [1.82, 2.24) is 9.62 Å². The molecule has 19 heavy (non-hydrogen) atoms. The van der Waals surface area contributed by atoms with Gasteiger partial charge in [-0.05, 0) is 32.5 Å². The van der Waals surface area contributed by atoms with Gasteiger partial charge < -0.3 is 4.90 Å². The van der Waals surface area contributed by atoms with Gasteiger partial charge in [0.15, 0.2) is 0 Å². The van der Waals surface area contributed by atoms with Crippen LogP contribution in [0.2, 0.25) is 0 Å². The summed E-state index contributed by atoms with van der Waals surface area (Å²) in [5, 5.41) is 0. The van der Waals surface area contributed by atoms with Crippen molar-refractivity contribution in [2.24, 2.45) is 0 Å². The number of unbranched alkanes of at least 4 members (excludes halogenated alkanes) is 1. The summed E-state index contributed by atoms with van der Waals surface area (Å²) in [6, 6.07) is 0. The summed E-state index contributed by atoms with van der Waals surface area (Å²) in [4.78, 5) is 2.29. The summed E-state index contributed by atoms with van der Waals surface area (Å²) in [6.07, 6.45) is 3.79. The molecule has 0 rings (SSSR count). The van der Waals surface area contributed by atoms with Crippen LogP contribution in [-0.2, 0) is 10.0 Å². The minimum atomic E-state index is -3.02. The highest BCUT2D eigenvalue weighted by Crippen LogP contribution is 1.94. The van der Waals surface area contributed by atoms with Crippen LogP contribution in [0, 0.1) is 0 Å². The topological polar surface area (TPSA) is 49.4 Å².